The van der Waals surface area contributed by atoms with Crippen LogP contribution in [0.25, 0.3) is 0 Å². The number of para-hydroxylation sites is 2. The van der Waals surface area contributed by atoms with Gasteiger partial charge in [-0.15, -0.1) is 0 Å². The molecular formula is C25H25N3O8. The minimum Gasteiger partial charge on any atom is -0.497 e. The molecule has 0 saturated carbocycles. The molecule has 2 aromatic carbocycles. The zero-order valence-electron chi connectivity index (χ0n) is 19.7. The van der Waals surface area contributed by atoms with Gasteiger partial charge in [-0.25, -0.2) is 9.59 Å². The molecule has 0 aromatic heterocycles. The number of amides is 3. The number of anilines is 1. The minimum absolute atomic E-state index is 0.0834. The monoisotopic (exact) mass is 495 g/mol. The van der Waals surface area contributed by atoms with Crippen LogP contribution >= 0.6 is 0 Å². The van der Waals surface area contributed by atoms with Gasteiger partial charge in [-0.2, -0.15) is 0 Å². The zero-order valence-corrected chi connectivity index (χ0v) is 19.7. The Balaban J connectivity index is 1.55. The van der Waals surface area contributed by atoms with E-state index in [2.05, 4.69) is 10.6 Å². The van der Waals surface area contributed by atoms with E-state index in [1.807, 2.05) is 0 Å². The second-order valence-electron chi connectivity index (χ2n) is 7.81. The molecule has 2 N–H and O–H groups in total. The van der Waals surface area contributed by atoms with Gasteiger partial charge < -0.3 is 29.6 Å². The second kappa shape index (κ2) is 10.8. The number of nitrogens with zero attached hydrogens (tertiary/aromatic N) is 1. The summed E-state index contributed by atoms with van der Waals surface area (Å²) in [6.07, 6.45) is 0. The van der Waals surface area contributed by atoms with E-state index in [4.69, 9.17) is 18.9 Å². The lowest BCUT2D eigenvalue weighted by Crippen LogP contribution is -2.47. The molecule has 0 radical (unpaired) electrons. The SMILES string of the molecule is CCOC(=O)C1=C(COC(=O)CN2C(=O)COc3ccccc32)NC(=O)NC1c1ccc(OC)cc1. The molecule has 188 valence electrons. The van der Waals surface area contributed by atoms with Crippen molar-refractivity contribution in [2.24, 2.45) is 0 Å². The van der Waals surface area contributed by atoms with E-state index in [-0.39, 0.29) is 31.0 Å². The van der Waals surface area contributed by atoms with Crippen molar-refractivity contribution < 1.29 is 38.1 Å². The minimum atomic E-state index is -0.842. The molecule has 0 saturated heterocycles. The van der Waals surface area contributed by atoms with Crippen LogP contribution in [-0.2, 0) is 23.9 Å². The van der Waals surface area contributed by atoms with Gasteiger partial charge in [-0.1, -0.05) is 24.3 Å². The molecule has 1 atom stereocenters. The van der Waals surface area contributed by atoms with E-state index in [1.165, 1.54) is 12.0 Å². The fraction of sp³-hybridized carbons (Fsp3) is 0.280. The molecule has 2 aliphatic heterocycles. The molecule has 0 aliphatic carbocycles. The number of ether oxygens (including phenoxy) is 4. The molecule has 11 nitrogen and oxygen atoms in total. The number of esters is 2. The average molecular weight is 495 g/mol. The number of methoxy groups -OCH3 is 1. The van der Waals surface area contributed by atoms with Crippen molar-refractivity contribution in [3.05, 3.63) is 65.4 Å². The number of carbonyl (C=O) groups is 4. The summed E-state index contributed by atoms with van der Waals surface area (Å²) in [6.45, 7) is 0.792. The smallest absolute Gasteiger partial charge is 0.338 e. The van der Waals surface area contributed by atoms with Crippen LogP contribution in [0.3, 0.4) is 0 Å². The first kappa shape index (κ1) is 24.6. The highest BCUT2D eigenvalue weighted by Gasteiger charge is 2.35. The molecule has 0 spiro atoms. The topological polar surface area (TPSA) is 132 Å². The third kappa shape index (κ3) is 5.24. The van der Waals surface area contributed by atoms with Gasteiger partial charge in [0.05, 0.1) is 36.7 Å². The van der Waals surface area contributed by atoms with Crippen molar-refractivity contribution >= 4 is 29.6 Å². The third-order valence-electron chi connectivity index (χ3n) is 5.57. The Morgan fingerprint density at radius 1 is 1.08 bits per heavy atom. The van der Waals surface area contributed by atoms with E-state index in [9.17, 15) is 19.2 Å². The Labute approximate surface area is 206 Å². The number of rotatable bonds is 8. The molecule has 2 aromatic rings. The largest absolute Gasteiger partial charge is 0.497 e. The fourth-order valence-corrected chi connectivity index (χ4v) is 3.88. The Bertz CT molecular complexity index is 1210. The molecule has 2 heterocycles. The summed E-state index contributed by atoms with van der Waals surface area (Å²) in [7, 11) is 1.53. The highest BCUT2D eigenvalue weighted by Crippen LogP contribution is 2.32. The van der Waals surface area contributed by atoms with E-state index in [0.717, 1.165) is 0 Å². The van der Waals surface area contributed by atoms with Crippen LogP contribution in [0.2, 0.25) is 0 Å². The third-order valence-corrected chi connectivity index (χ3v) is 5.57. The van der Waals surface area contributed by atoms with Crippen molar-refractivity contribution in [3.8, 4) is 11.5 Å². The van der Waals surface area contributed by atoms with Gasteiger partial charge in [-0.05, 0) is 36.8 Å². The predicted octanol–water partition coefficient (Wildman–Crippen LogP) is 1.84. The van der Waals surface area contributed by atoms with E-state index in [0.29, 0.717) is 22.7 Å². The molecule has 0 bridgehead atoms. The summed E-state index contributed by atoms with van der Waals surface area (Å²) in [6, 6.07) is 12.2. The fourth-order valence-electron chi connectivity index (χ4n) is 3.88. The summed E-state index contributed by atoms with van der Waals surface area (Å²) < 4.78 is 21.1. The number of carbonyl (C=O) groups excluding carboxylic acids is 4. The average Bonchev–Trinajstić information content (AvgIpc) is 2.89. The maximum absolute atomic E-state index is 12.9. The standard InChI is InChI=1S/C25H25N3O8/c1-3-34-24(31)22-17(26-25(32)27-23(22)15-8-10-16(33-2)11-9-15)13-36-21(30)12-28-18-6-4-5-7-19(18)35-14-20(28)29/h4-11,23H,3,12-14H2,1-2H3,(H2,26,27,32). The maximum atomic E-state index is 12.9. The van der Waals surface area contributed by atoms with Crippen molar-refractivity contribution in [1.29, 1.82) is 0 Å². The van der Waals surface area contributed by atoms with Gasteiger partial charge in [0.1, 0.15) is 24.7 Å². The van der Waals surface area contributed by atoms with Crippen molar-refractivity contribution in [2.45, 2.75) is 13.0 Å². The van der Waals surface area contributed by atoms with E-state index >= 15 is 0 Å². The summed E-state index contributed by atoms with van der Waals surface area (Å²) in [5.74, 6) is -0.718. The van der Waals surface area contributed by atoms with Crippen LogP contribution in [0.15, 0.2) is 59.8 Å². The molecule has 0 fully saturated rings. The number of benzene rings is 2. The Morgan fingerprint density at radius 3 is 2.56 bits per heavy atom. The summed E-state index contributed by atoms with van der Waals surface area (Å²) in [5.41, 5.74) is 1.24. The first-order valence-corrected chi connectivity index (χ1v) is 11.2. The molecule has 1 unspecified atom stereocenters. The van der Waals surface area contributed by atoms with Crippen LogP contribution in [0.1, 0.15) is 18.5 Å². The van der Waals surface area contributed by atoms with Crippen molar-refractivity contribution in [2.75, 3.05) is 38.4 Å². The number of hydrogen-bond acceptors (Lipinski definition) is 8. The van der Waals surface area contributed by atoms with Gasteiger partial charge in [0.25, 0.3) is 5.91 Å². The second-order valence-corrected chi connectivity index (χ2v) is 7.81. The van der Waals surface area contributed by atoms with Crippen LogP contribution in [0.5, 0.6) is 11.5 Å². The van der Waals surface area contributed by atoms with Crippen LogP contribution in [-0.4, -0.2) is 57.4 Å². The van der Waals surface area contributed by atoms with Gasteiger partial charge >= 0.3 is 18.0 Å². The molecule has 3 amide bonds. The quantitative estimate of drug-likeness (QED) is 0.530. The highest BCUT2D eigenvalue weighted by atomic mass is 16.5. The molecule has 2 aliphatic rings. The van der Waals surface area contributed by atoms with Crippen molar-refractivity contribution in [1.82, 2.24) is 10.6 Å². The van der Waals surface area contributed by atoms with Gasteiger partial charge in [0.15, 0.2) is 6.61 Å². The first-order chi connectivity index (χ1) is 17.4. The number of hydrogen-bond donors (Lipinski definition) is 2. The molecular weight excluding hydrogens is 470 g/mol. The highest BCUT2D eigenvalue weighted by molar-refractivity contribution is 6.01. The number of fused-ring (bicyclic) bond motifs is 1. The lowest BCUT2D eigenvalue weighted by Gasteiger charge is -2.30. The van der Waals surface area contributed by atoms with Gasteiger partial charge in [0.2, 0.25) is 0 Å². The van der Waals surface area contributed by atoms with Gasteiger partial charge in [0, 0.05) is 0 Å². The Kier molecular flexibility index (Phi) is 7.38. The Morgan fingerprint density at radius 2 is 1.83 bits per heavy atom. The van der Waals surface area contributed by atoms with Crippen LogP contribution in [0.4, 0.5) is 10.5 Å². The summed E-state index contributed by atoms with van der Waals surface area (Å²) >= 11 is 0. The Hall–Kier alpha value is -4.54. The predicted molar refractivity (Wildman–Crippen MR) is 126 cm³/mol. The van der Waals surface area contributed by atoms with Crippen LogP contribution in [0, 0.1) is 0 Å². The normalized spacial score (nSPS) is 16.8. The van der Waals surface area contributed by atoms with Crippen LogP contribution < -0.4 is 25.0 Å². The zero-order chi connectivity index (χ0) is 25.7. The lowest BCUT2D eigenvalue weighted by molar-refractivity contribution is -0.143. The van der Waals surface area contributed by atoms with E-state index < -0.39 is 36.5 Å². The number of nitrogens with one attached hydrogen (secondary N) is 2. The van der Waals surface area contributed by atoms with Crippen molar-refractivity contribution in [3.63, 3.8) is 0 Å². The lowest BCUT2D eigenvalue weighted by atomic mass is 9.95. The van der Waals surface area contributed by atoms with Gasteiger partial charge in [-0.3, -0.25) is 14.5 Å². The molecule has 4 rings (SSSR count). The molecule has 36 heavy (non-hydrogen) atoms. The first-order valence-electron chi connectivity index (χ1n) is 11.2. The molecule has 11 heteroatoms. The summed E-state index contributed by atoms with van der Waals surface area (Å²) in [4.78, 5) is 51.6. The van der Waals surface area contributed by atoms with E-state index in [1.54, 1.807) is 55.5 Å². The number of urea groups is 1. The maximum Gasteiger partial charge on any atom is 0.338 e. The summed E-state index contributed by atoms with van der Waals surface area (Å²) in [5, 5.41) is 5.24.